The maximum Gasteiger partial charge on any atom is 0.307 e. The predicted molar refractivity (Wildman–Crippen MR) is 156 cm³/mol. The monoisotopic (exact) mass is 576 g/mol. The van der Waals surface area contributed by atoms with Crippen molar-refractivity contribution >= 4 is 45.9 Å². The topological polar surface area (TPSA) is 115 Å². The first-order valence-corrected chi connectivity index (χ1v) is 14.5. The van der Waals surface area contributed by atoms with Crippen molar-refractivity contribution < 1.29 is 30.0 Å². The largest absolute Gasteiger partial charge is 0.481 e. The fourth-order valence-corrected chi connectivity index (χ4v) is 8.29. The first-order chi connectivity index (χ1) is 18.9. The van der Waals surface area contributed by atoms with Gasteiger partial charge in [-0.15, -0.1) is 34.0 Å². The maximum absolute atomic E-state index is 11.7. The van der Waals surface area contributed by atoms with Gasteiger partial charge in [-0.2, -0.15) is 0 Å². The normalized spacial score (nSPS) is 11.1. The van der Waals surface area contributed by atoms with E-state index in [1.165, 1.54) is 34.0 Å². The lowest BCUT2D eigenvalue weighted by atomic mass is 10.0. The van der Waals surface area contributed by atoms with Crippen LogP contribution < -0.4 is 0 Å². The van der Waals surface area contributed by atoms with Crippen LogP contribution in [-0.2, 0) is 35.6 Å². The molecule has 0 saturated carbocycles. The lowest BCUT2D eigenvalue weighted by molar-refractivity contribution is -0.137. The molecule has 0 fully saturated rings. The summed E-state index contributed by atoms with van der Waals surface area (Å²) in [4.78, 5) is 28.6. The summed E-state index contributed by atoms with van der Waals surface area (Å²) in [5, 5.41) is 38.8. The highest BCUT2D eigenvalue weighted by molar-refractivity contribution is 7.28. The Labute approximate surface area is 236 Å². The van der Waals surface area contributed by atoms with Crippen molar-refractivity contribution in [2.24, 2.45) is 0 Å². The average Bonchev–Trinajstić information content (AvgIpc) is 3.66. The number of aliphatic hydroxyl groups is 2. The minimum Gasteiger partial charge on any atom is -0.481 e. The van der Waals surface area contributed by atoms with Crippen molar-refractivity contribution in [2.75, 3.05) is 0 Å². The molecule has 0 aliphatic carbocycles. The van der Waals surface area contributed by atoms with Crippen LogP contribution >= 0.6 is 34.0 Å². The third-order valence-corrected chi connectivity index (χ3v) is 10.1. The first kappa shape index (κ1) is 27.0. The number of carboxylic acid groups (broad SMARTS) is 2. The van der Waals surface area contributed by atoms with Crippen LogP contribution in [0.4, 0.5) is 0 Å². The molecular formula is C30H24O6S3. The fourth-order valence-electron chi connectivity index (χ4n) is 4.51. The SMILES string of the molecule is O=C(O)Cc1cc(-c2ccccc2CO)sc1-c1ccc(-c2sc(-c3ccccc3CO)cc2CC(=O)O)s1. The molecule has 9 heteroatoms. The van der Waals surface area contributed by atoms with Crippen LogP contribution in [0.2, 0.25) is 0 Å². The molecule has 0 amide bonds. The number of aliphatic carboxylic acids is 2. The Morgan fingerprint density at radius 2 is 0.949 bits per heavy atom. The van der Waals surface area contributed by atoms with Gasteiger partial charge in [0.2, 0.25) is 0 Å². The predicted octanol–water partition coefficient (Wildman–Crippen LogP) is 6.78. The van der Waals surface area contributed by atoms with E-state index in [0.29, 0.717) is 11.1 Å². The van der Waals surface area contributed by atoms with E-state index in [0.717, 1.165) is 51.5 Å². The Morgan fingerprint density at radius 1 is 0.538 bits per heavy atom. The molecule has 4 N–H and O–H groups in total. The quantitative estimate of drug-likeness (QED) is 0.146. The van der Waals surface area contributed by atoms with Crippen LogP contribution in [0.5, 0.6) is 0 Å². The number of carboxylic acids is 2. The van der Waals surface area contributed by atoms with Crippen molar-refractivity contribution in [3.63, 3.8) is 0 Å². The summed E-state index contributed by atoms with van der Waals surface area (Å²) < 4.78 is 0. The van der Waals surface area contributed by atoms with Gasteiger partial charge in [-0.3, -0.25) is 9.59 Å². The number of hydrogen-bond donors (Lipinski definition) is 4. The lowest BCUT2D eigenvalue weighted by Gasteiger charge is -2.04. The Morgan fingerprint density at radius 3 is 1.33 bits per heavy atom. The molecule has 0 atom stereocenters. The summed E-state index contributed by atoms with van der Waals surface area (Å²) in [7, 11) is 0. The molecule has 5 rings (SSSR count). The highest BCUT2D eigenvalue weighted by Gasteiger charge is 2.21. The molecule has 0 aliphatic heterocycles. The molecule has 5 aromatic rings. The molecule has 39 heavy (non-hydrogen) atoms. The molecule has 0 radical (unpaired) electrons. The summed E-state index contributed by atoms with van der Waals surface area (Å²) in [5.41, 5.74) is 4.66. The van der Waals surface area contributed by atoms with Crippen LogP contribution in [0.3, 0.4) is 0 Å². The van der Waals surface area contributed by atoms with E-state index in [-0.39, 0.29) is 26.1 Å². The maximum atomic E-state index is 11.7. The molecule has 0 spiro atoms. The van der Waals surface area contributed by atoms with Crippen molar-refractivity contribution in [3.05, 3.63) is 95.1 Å². The second-order valence-corrected chi connectivity index (χ2v) is 12.1. The van der Waals surface area contributed by atoms with Crippen molar-refractivity contribution in [1.82, 2.24) is 0 Å². The number of rotatable bonds is 10. The molecule has 0 aliphatic rings. The number of benzene rings is 2. The molecule has 0 saturated heterocycles. The van der Waals surface area contributed by atoms with Gasteiger partial charge in [0.05, 0.1) is 26.1 Å². The molecule has 3 aromatic heterocycles. The van der Waals surface area contributed by atoms with Crippen molar-refractivity contribution in [2.45, 2.75) is 26.1 Å². The van der Waals surface area contributed by atoms with E-state index in [9.17, 15) is 30.0 Å². The average molecular weight is 577 g/mol. The molecule has 198 valence electrons. The van der Waals surface area contributed by atoms with Crippen LogP contribution in [0.15, 0.2) is 72.8 Å². The lowest BCUT2D eigenvalue weighted by Crippen LogP contribution is -1.99. The second kappa shape index (κ2) is 11.6. The summed E-state index contributed by atoms with van der Waals surface area (Å²) >= 11 is 4.46. The zero-order valence-electron chi connectivity index (χ0n) is 20.6. The van der Waals surface area contributed by atoms with E-state index >= 15 is 0 Å². The summed E-state index contributed by atoms with van der Waals surface area (Å²) in [6, 6.07) is 22.7. The first-order valence-electron chi connectivity index (χ1n) is 12.1. The van der Waals surface area contributed by atoms with Gasteiger partial charge in [0.25, 0.3) is 0 Å². The van der Waals surface area contributed by atoms with Crippen molar-refractivity contribution in [1.29, 1.82) is 0 Å². The Balaban J connectivity index is 1.59. The van der Waals surface area contributed by atoms with Crippen LogP contribution in [0.25, 0.3) is 40.4 Å². The Hall–Kier alpha value is -3.60. The van der Waals surface area contributed by atoms with Gasteiger partial charge in [-0.05, 0) is 57.6 Å². The van der Waals surface area contributed by atoms with E-state index < -0.39 is 11.9 Å². The van der Waals surface area contributed by atoms with Gasteiger partial charge in [-0.1, -0.05) is 48.5 Å². The van der Waals surface area contributed by atoms with Gasteiger partial charge in [0.1, 0.15) is 0 Å². The summed E-state index contributed by atoms with van der Waals surface area (Å²) in [6.45, 7) is -0.236. The van der Waals surface area contributed by atoms with Gasteiger partial charge in [0, 0.05) is 29.3 Å². The summed E-state index contributed by atoms with van der Waals surface area (Å²) in [5.74, 6) is -1.86. The summed E-state index contributed by atoms with van der Waals surface area (Å²) in [6.07, 6.45) is -0.266. The van der Waals surface area contributed by atoms with Gasteiger partial charge >= 0.3 is 11.9 Å². The zero-order valence-corrected chi connectivity index (χ0v) is 23.0. The van der Waals surface area contributed by atoms with E-state index in [1.807, 2.05) is 72.8 Å². The van der Waals surface area contributed by atoms with E-state index in [1.54, 1.807) is 0 Å². The molecule has 2 aromatic carbocycles. The number of hydrogen-bond acceptors (Lipinski definition) is 7. The zero-order chi connectivity index (χ0) is 27.5. The number of thiophene rings is 3. The van der Waals surface area contributed by atoms with Crippen LogP contribution in [0.1, 0.15) is 22.3 Å². The van der Waals surface area contributed by atoms with Gasteiger partial charge < -0.3 is 20.4 Å². The van der Waals surface area contributed by atoms with Crippen LogP contribution in [-0.4, -0.2) is 32.4 Å². The molecule has 3 heterocycles. The number of carbonyl (C=O) groups is 2. The fraction of sp³-hybridized carbons (Fsp3) is 0.133. The molecule has 0 bridgehead atoms. The van der Waals surface area contributed by atoms with E-state index in [2.05, 4.69) is 0 Å². The van der Waals surface area contributed by atoms with Gasteiger partial charge in [-0.25, -0.2) is 0 Å². The molecule has 6 nitrogen and oxygen atoms in total. The third-order valence-electron chi connectivity index (χ3n) is 6.26. The minimum absolute atomic E-state index is 0.118. The second-order valence-electron chi connectivity index (χ2n) is 8.87. The Kier molecular flexibility index (Phi) is 8.06. The van der Waals surface area contributed by atoms with Crippen LogP contribution in [0, 0.1) is 0 Å². The highest BCUT2D eigenvalue weighted by Crippen LogP contribution is 2.47. The molecular weight excluding hydrogens is 553 g/mol. The third kappa shape index (κ3) is 5.73. The Bertz CT molecular complexity index is 1540. The standard InChI is InChI=1S/C30H24O6S3/c31-15-17-5-1-3-7-21(17)25-11-19(13-27(33)34)29(38-25)23-9-10-24(37-23)30-20(14-28(35)36)12-26(39-30)22-8-4-2-6-18(22)16-32/h1-12,31-32H,13-16H2,(H,33,34)(H,35,36). The van der Waals surface area contributed by atoms with Gasteiger partial charge in [0.15, 0.2) is 0 Å². The molecule has 0 unspecified atom stereocenters. The highest BCUT2D eigenvalue weighted by atomic mass is 32.1. The number of aliphatic hydroxyl groups excluding tert-OH is 2. The van der Waals surface area contributed by atoms with E-state index in [4.69, 9.17) is 0 Å². The smallest absolute Gasteiger partial charge is 0.307 e. The van der Waals surface area contributed by atoms with Crippen molar-refractivity contribution in [3.8, 4) is 40.4 Å². The minimum atomic E-state index is -0.929.